The van der Waals surface area contributed by atoms with Crippen LogP contribution in [0, 0.1) is 0 Å². The fourth-order valence-electron chi connectivity index (χ4n) is 3.81. The molecule has 4 rings (SSSR count). The van der Waals surface area contributed by atoms with E-state index in [1.807, 2.05) is 51.6 Å². The smallest absolute Gasteiger partial charge is 0.255 e. The number of nitrogens with zero attached hydrogens (tertiary/aromatic N) is 2. The Bertz CT molecular complexity index is 766. The van der Waals surface area contributed by atoms with Crippen molar-refractivity contribution in [2.24, 2.45) is 0 Å². The fraction of sp³-hybridized carbons (Fsp3) is 0.400. The zero-order valence-corrected chi connectivity index (χ0v) is 15.0. The topological polar surface area (TPSA) is 40.6 Å². The van der Waals surface area contributed by atoms with E-state index < -0.39 is 0 Å². The number of amides is 2. The molecule has 0 bridgehead atoms. The fourth-order valence-corrected chi connectivity index (χ4v) is 4.65. The molecule has 2 aliphatic rings. The van der Waals surface area contributed by atoms with Gasteiger partial charge in [0.25, 0.3) is 5.91 Å². The van der Waals surface area contributed by atoms with Crippen molar-refractivity contribution in [3.63, 3.8) is 0 Å². The molecule has 5 heteroatoms. The Morgan fingerprint density at radius 2 is 1.88 bits per heavy atom. The van der Waals surface area contributed by atoms with E-state index in [1.165, 1.54) is 6.42 Å². The Labute approximate surface area is 152 Å². The molecule has 25 heavy (non-hydrogen) atoms. The van der Waals surface area contributed by atoms with Gasteiger partial charge in [0, 0.05) is 30.1 Å². The van der Waals surface area contributed by atoms with E-state index >= 15 is 0 Å². The summed E-state index contributed by atoms with van der Waals surface area (Å²) < 4.78 is 0. The van der Waals surface area contributed by atoms with Crippen molar-refractivity contribution in [2.45, 2.75) is 38.3 Å². The van der Waals surface area contributed by atoms with Crippen molar-refractivity contribution in [3.8, 4) is 0 Å². The van der Waals surface area contributed by atoms with Gasteiger partial charge in [-0.05, 0) is 42.3 Å². The van der Waals surface area contributed by atoms with E-state index in [-0.39, 0.29) is 17.9 Å². The molecule has 130 valence electrons. The minimum Gasteiger partial charge on any atom is -0.343 e. The molecule has 1 aromatic heterocycles. The first-order valence-corrected chi connectivity index (χ1v) is 9.82. The number of fused-ring (bicyclic) bond motifs is 1. The zero-order valence-electron chi connectivity index (χ0n) is 14.2. The molecule has 4 nitrogen and oxygen atoms in total. The van der Waals surface area contributed by atoms with Gasteiger partial charge in [0.2, 0.25) is 5.91 Å². The summed E-state index contributed by atoms with van der Waals surface area (Å²) in [5.41, 5.74) is 1.83. The van der Waals surface area contributed by atoms with E-state index in [2.05, 4.69) is 0 Å². The highest BCUT2D eigenvalue weighted by molar-refractivity contribution is 7.10. The van der Waals surface area contributed by atoms with Gasteiger partial charge >= 0.3 is 0 Å². The number of hydrogen-bond donors (Lipinski definition) is 0. The van der Waals surface area contributed by atoms with E-state index in [9.17, 15) is 9.59 Å². The maximum absolute atomic E-state index is 12.9. The summed E-state index contributed by atoms with van der Waals surface area (Å²) in [5.74, 6) is 0.210. The number of rotatable bonds is 4. The molecule has 3 heterocycles. The van der Waals surface area contributed by atoms with Crippen LogP contribution in [-0.4, -0.2) is 34.7 Å². The van der Waals surface area contributed by atoms with Gasteiger partial charge in [-0.1, -0.05) is 24.3 Å². The molecule has 0 aliphatic carbocycles. The quantitative estimate of drug-likeness (QED) is 0.837. The predicted molar refractivity (Wildman–Crippen MR) is 98.4 cm³/mol. The summed E-state index contributed by atoms with van der Waals surface area (Å²) >= 11 is 1.62. The number of benzene rings is 1. The lowest BCUT2D eigenvalue weighted by molar-refractivity contribution is -0.133. The largest absolute Gasteiger partial charge is 0.343 e. The SMILES string of the molecule is O=C(CC(c1cccs1)N1Cc2ccccc2C1=O)N1CCCCC1. The number of likely N-dealkylation sites (tertiary alicyclic amines) is 1. The Morgan fingerprint density at radius 3 is 2.60 bits per heavy atom. The van der Waals surface area contributed by atoms with Gasteiger partial charge in [-0.2, -0.15) is 0 Å². The summed E-state index contributed by atoms with van der Waals surface area (Å²) in [6.07, 6.45) is 3.76. The maximum Gasteiger partial charge on any atom is 0.255 e. The van der Waals surface area contributed by atoms with Gasteiger partial charge in [-0.15, -0.1) is 11.3 Å². The highest BCUT2D eigenvalue weighted by atomic mass is 32.1. The molecule has 2 aliphatic heterocycles. The van der Waals surface area contributed by atoms with Crippen LogP contribution in [0.15, 0.2) is 41.8 Å². The Kier molecular flexibility index (Phi) is 4.57. The van der Waals surface area contributed by atoms with Crippen molar-refractivity contribution in [3.05, 3.63) is 57.8 Å². The van der Waals surface area contributed by atoms with Crippen molar-refractivity contribution >= 4 is 23.2 Å². The molecular formula is C20H22N2O2S. The maximum atomic E-state index is 12.9. The van der Waals surface area contributed by atoms with Crippen LogP contribution in [0.2, 0.25) is 0 Å². The second kappa shape index (κ2) is 7.00. The lowest BCUT2D eigenvalue weighted by Gasteiger charge is -2.31. The normalized spacial score (nSPS) is 18.3. The van der Waals surface area contributed by atoms with Crippen molar-refractivity contribution in [1.82, 2.24) is 9.80 Å². The summed E-state index contributed by atoms with van der Waals surface area (Å²) in [6.45, 7) is 2.29. The Morgan fingerprint density at radius 1 is 1.08 bits per heavy atom. The number of hydrogen-bond acceptors (Lipinski definition) is 3. The summed E-state index contributed by atoms with van der Waals surface area (Å²) in [7, 11) is 0. The molecule has 1 unspecified atom stereocenters. The van der Waals surface area contributed by atoms with Crippen molar-refractivity contribution < 1.29 is 9.59 Å². The average molecular weight is 354 g/mol. The molecule has 1 fully saturated rings. The summed E-state index contributed by atoms with van der Waals surface area (Å²) in [6, 6.07) is 11.6. The third-order valence-corrected chi connectivity index (χ3v) is 6.15. The van der Waals surface area contributed by atoms with E-state index in [1.54, 1.807) is 11.3 Å². The average Bonchev–Trinajstić information content (AvgIpc) is 3.29. The molecular weight excluding hydrogens is 332 g/mol. The number of piperidine rings is 1. The van der Waals surface area contributed by atoms with Crippen LogP contribution in [0.25, 0.3) is 0 Å². The van der Waals surface area contributed by atoms with Crippen LogP contribution in [0.4, 0.5) is 0 Å². The molecule has 0 radical (unpaired) electrons. The Hall–Kier alpha value is -2.14. The molecule has 0 N–H and O–H groups in total. The van der Waals surface area contributed by atoms with Crippen LogP contribution in [0.3, 0.4) is 0 Å². The lowest BCUT2D eigenvalue weighted by Crippen LogP contribution is -2.39. The first-order valence-electron chi connectivity index (χ1n) is 8.94. The van der Waals surface area contributed by atoms with E-state index in [0.717, 1.165) is 41.9 Å². The van der Waals surface area contributed by atoms with Crippen LogP contribution in [-0.2, 0) is 11.3 Å². The van der Waals surface area contributed by atoms with Gasteiger partial charge in [0.15, 0.2) is 0 Å². The van der Waals surface area contributed by atoms with E-state index in [0.29, 0.717) is 13.0 Å². The standard InChI is InChI=1S/C20H22N2O2S/c23-19(21-10-4-1-5-11-21)13-17(18-9-6-12-25-18)22-14-15-7-2-3-8-16(15)20(22)24/h2-3,6-9,12,17H,1,4-5,10-11,13-14H2. The zero-order chi connectivity index (χ0) is 17.2. The first kappa shape index (κ1) is 16.3. The molecule has 0 saturated carbocycles. The van der Waals surface area contributed by atoms with Gasteiger partial charge in [0.05, 0.1) is 12.5 Å². The monoisotopic (exact) mass is 354 g/mol. The number of carbonyl (C=O) groups excluding carboxylic acids is 2. The molecule has 1 atom stereocenters. The van der Waals surface area contributed by atoms with Crippen LogP contribution >= 0.6 is 11.3 Å². The third-order valence-electron chi connectivity index (χ3n) is 5.17. The lowest BCUT2D eigenvalue weighted by atomic mass is 10.1. The van der Waals surface area contributed by atoms with Gasteiger partial charge < -0.3 is 9.80 Å². The third kappa shape index (κ3) is 3.21. The second-order valence-corrected chi connectivity index (χ2v) is 7.75. The minimum atomic E-state index is -0.172. The number of thiophene rings is 1. The first-order chi connectivity index (χ1) is 12.2. The molecule has 2 aromatic rings. The minimum absolute atomic E-state index is 0.0421. The summed E-state index contributed by atoms with van der Waals surface area (Å²) in [5, 5.41) is 2.02. The molecule has 0 spiro atoms. The van der Waals surface area contributed by atoms with Crippen molar-refractivity contribution in [1.29, 1.82) is 0 Å². The highest BCUT2D eigenvalue weighted by Gasteiger charge is 2.35. The Balaban J connectivity index is 1.58. The second-order valence-electron chi connectivity index (χ2n) is 6.77. The van der Waals surface area contributed by atoms with Gasteiger partial charge in [0.1, 0.15) is 0 Å². The van der Waals surface area contributed by atoms with Crippen LogP contribution < -0.4 is 0 Å². The van der Waals surface area contributed by atoms with E-state index in [4.69, 9.17) is 0 Å². The summed E-state index contributed by atoms with van der Waals surface area (Å²) in [4.78, 5) is 30.7. The van der Waals surface area contributed by atoms with Gasteiger partial charge in [-0.25, -0.2) is 0 Å². The predicted octanol–water partition coefficient (Wildman–Crippen LogP) is 3.85. The van der Waals surface area contributed by atoms with Crippen LogP contribution in [0.1, 0.15) is 52.5 Å². The molecule has 2 amide bonds. The highest BCUT2D eigenvalue weighted by Crippen LogP contribution is 2.35. The molecule has 1 saturated heterocycles. The number of carbonyl (C=O) groups is 2. The molecule has 1 aromatic carbocycles. The van der Waals surface area contributed by atoms with Crippen LogP contribution in [0.5, 0.6) is 0 Å². The van der Waals surface area contributed by atoms with Crippen molar-refractivity contribution in [2.75, 3.05) is 13.1 Å². The van der Waals surface area contributed by atoms with Gasteiger partial charge in [-0.3, -0.25) is 9.59 Å².